The number of halogens is 4. The molecule has 0 spiro atoms. The van der Waals surface area contributed by atoms with Crippen LogP contribution in [0, 0.1) is 0 Å². The molecule has 0 unspecified atom stereocenters. The molecular weight excluding hydrogens is 301 g/mol. The van der Waals surface area contributed by atoms with Crippen LogP contribution in [0.2, 0.25) is 0 Å². The molecule has 0 radical (unpaired) electrons. The fraction of sp³-hybridized carbons (Fsp3) is 0.200. The lowest BCUT2D eigenvalue weighted by molar-refractivity contribution is -0.147. The van der Waals surface area contributed by atoms with Crippen molar-refractivity contribution in [3.8, 4) is 0 Å². The van der Waals surface area contributed by atoms with Crippen molar-refractivity contribution in [3.05, 3.63) is 38.9 Å². The van der Waals surface area contributed by atoms with Crippen LogP contribution in [0.1, 0.15) is 5.82 Å². The highest BCUT2D eigenvalue weighted by Gasteiger charge is 2.36. The summed E-state index contributed by atoms with van der Waals surface area (Å²) in [7, 11) is 1.05. The molecule has 0 saturated heterocycles. The van der Waals surface area contributed by atoms with Crippen LogP contribution < -0.4 is 5.56 Å². The van der Waals surface area contributed by atoms with Gasteiger partial charge in [-0.05, 0) is 28.1 Å². The van der Waals surface area contributed by atoms with Crippen molar-refractivity contribution in [2.75, 3.05) is 0 Å². The molecule has 3 nitrogen and oxygen atoms in total. The lowest BCUT2D eigenvalue weighted by Gasteiger charge is -2.12. The van der Waals surface area contributed by atoms with E-state index in [1.165, 1.54) is 12.1 Å². The lowest BCUT2D eigenvalue weighted by atomic mass is 10.2. The normalized spacial score (nSPS) is 12.1. The van der Waals surface area contributed by atoms with Gasteiger partial charge in [0.1, 0.15) is 0 Å². The summed E-state index contributed by atoms with van der Waals surface area (Å²) in [6.07, 6.45) is -4.66. The monoisotopic (exact) mass is 306 g/mol. The van der Waals surface area contributed by atoms with E-state index in [2.05, 4.69) is 20.9 Å². The van der Waals surface area contributed by atoms with Crippen molar-refractivity contribution in [2.45, 2.75) is 6.18 Å². The summed E-state index contributed by atoms with van der Waals surface area (Å²) in [6.45, 7) is 0. The van der Waals surface area contributed by atoms with Gasteiger partial charge >= 0.3 is 6.18 Å². The van der Waals surface area contributed by atoms with Crippen molar-refractivity contribution < 1.29 is 13.2 Å². The molecule has 0 fully saturated rings. The molecule has 1 aromatic heterocycles. The van der Waals surface area contributed by atoms with Crippen molar-refractivity contribution in [1.82, 2.24) is 9.55 Å². The number of fused-ring (bicyclic) bond motifs is 1. The molecule has 0 N–H and O–H groups in total. The Morgan fingerprint density at radius 2 is 2.00 bits per heavy atom. The molecular formula is C10H6BrF3N2O. The van der Waals surface area contributed by atoms with Crippen LogP contribution in [0.5, 0.6) is 0 Å². The molecule has 2 rings (SSSR count). The number of rotatable bonds is 0. The Labute approximate surface area is 102 Å². The highest BCUT2D eigenvalue weighted by molar-refractivity contribution is 9.10. The minimum absolute atomic E-state index is 0.0166. The van der Waals surface area contributed by atoms with Crippen LogP contribution in [-0.2, 0) is 13.2 Å². The number of hydrogen-bond acceptors (Lipinski definition) is 2. The predicted octanol–water partition coefficient (Wildman–Crippen LogP) is 2.71. The number of para-hydroxylation sites is 1. The molecule has 1 aromatic carbocycles. The fourth-order valence-corrected chi connectivity index (χ4v) is 1.97. The predicted molar refractivity (Wildman–Crippen MR) is 59.7 cm³/mol. The summed E-state index contributed by atoms with van der Waals surface area (Å²) in [5.74, 6) is -1.21. The van der Waals surface area contributed by atoms with Crippen LogP contribution in [0.3, 0.4) is 0 Å². The van der Waals surface area contributed by atoms with E-state index in [-0.39, 0.29) is 10.9 Å². The molecule has 0 atom stereocenters. The van der Waals surface area contributed by atoms with Gasteiger partial charge in [-0.3, -0.25) is 9.36 Å². The number of benzene rings is 1. The van der Waals surface area contributed by atoms with Gasteiger partial charge in [-0.1, -0.05) is 6.07 Å². The van der Waals surface area contributed by atoms with Gasteiger partial charge in [-0.15, -0.1) is 0 Å². The quantitative estimate of drug-likeness (QED) is 0.750. The zero-order valence-electron chi connectivity index (χ0n) is 8.55. The Balaban J connectivity index is 2.96. The van der Waals surface area contributed by atoms with Crippen molar-refractivity contribution in [2.24, 2.45) is 7.05 Å². The molecule has 1 heterocycles. The summed E-state index contributed by atoms with van der Waals surface area (Å²) >= 11 is 3.08. The molecule has 0 saturated carbocycles. The van der Waals surface area contributed by atoms with Gasteiger partial charge in [0.25, 0.3) is 5.56 Å². The Hall–Kier alpha value is -1.37. The number of nitrogens with zero attached hydrogens (tertiary/aromatic N) is 2. The maximum atomic E-state index is 12.7. The van der Waals surface area contributed by atoms with E-state index in [9.17, 15) is 18.0 Å². The summed E-state index contributed by atoms with van der Waals surface area (Å²) in [4.78, 5) is 15.2. The van der Waals surface area contributed by atoms with Crippen molar-refractivity contribution in [1.29, 1.82) is 0 Å². The molecule has 2 aromatic rings. The first-order valence-electron chi connectivity index (χ1n) is 4.55. The van der Waals surface area contributed by atoms with Crippen LogP contribution >= 0.6 is 15.9 Å². The highest BCUT2D eigenvalue weighted by atomic mass is 79.9. The second-order valence-electron chi connectivity index (χ2n) is 3.43. The molecule has 7 heteroatoms. The average Bonchev–Trinajstić information content (AvgIpc) is 2.22. The molecule has 0 amide bonds. The maximum absolute atomic E-state index is 12.7. The first-order valence-corrected chi connectivity index (χ1v) is 5.34. The van der Waals surface area contributed by atoms with Crippen molar-refractivity contribution in [3.63, 3.8) is 0 Å². The van der Waals surface area contributed by atoms with Crippen LogP contribution in [0.15, 0.2) is 27.5 Å². The van der Waals surface area contributed by atoms with E-state index in [4.69, 9.17) is 0 Å². The molecule has 0 bridgehead atoms. The molecule has 0 aliphatic rings. The minimum atomic E-state index is -4.66. The molecule has 0 aliphatic carbocycles. The van der Waals surface area contributed by atoms with Gasteiger partial charge in [-0.25, -0.2) is 4.98 Å². The third kappa shape index (κ3) is 1.95. The summed E-state index contributed by atoms with van der Waals surface area (Å²) in [5, 5.41) is 0.148. The van der Waals surface area contributed by atoms with Gasteiger partial charge in [0.2, 0.25) is 5.82 Å². The van der Waals surface area contributed by atoms with E-state index in [0.717, 1.165) is 7.05 Å². The molecule has 90 valence electrons. The van der Waals surface area contributed by atoms with Gasteiger partial charge in [0.05, 0.1) is 10.9 Å². The van der Waals surface area contributed by atoms with E-state index in [1.807, 2.05) is 0 Å². The van der Waals surface area contributed by atoms with Gasteiger partial charge in [0, 0.05) is 11.5 Å². The van der Waals surface area contributed by atoms with Crippen LogP contribution in [0.25, 0.3) is 10.9 Å². The lowest BCUT2D eigenvalue weighted by Crippen LogP contribution is -2.27. The molecule has 0 aliphatic heterocycles. The average molecular weight is 307 g/mol. The maximum Gasteiger partial charge on any atom is 0.449 e. The standard InChI is InChI=1S/C10H6BrF3N2O/c1-16-8(17)5-3-2-4-6(11)7(5)15-9(16)10(12,13)14/h2-4H,1H3. The Morgan fingerprint density at radius 3 is 2.59 bits per heavy atom. The number of hydrogen-bond donors (Lipinski definition) is 0. The minimum Gasteiger partial charge on any atom is -0.292 e. The largest absolute Gasteiger partial charge is 0.449 e. The van der Waals surface area contributed by atoms with Crippen LogP contribution in [-0.4, -0.2) is 9.55 Å². The summed E-state index contributed by atoms with van der Waals surface area (Å²) in [5.41, 5.74) is -0.702. The first kappa shape index (κ1) is 12.1. The Morgan fingerprint density at radius 1 is 1.35 bits per heavy atom. The smallest absolute Gasteiger partial charge is 0.292 e. The van der Waals surface area contributed by atoms with Crippen LogP contribution in [0.4, 0.5) is 13.2 Å². The van der Waals surface area contributed by atoms with E-state index < -0.39 is 17.6 Å². The zero-order valence-corrected chi connectivity index (χ0v) is 10.1. The fourth-order valence-electron chi connectivity index (χ4n) is 1.51. The van der Waals surface area contributed by atoms with Gasteiger partial charge in [0.15, 0.2) is 0 Å². The van der Waals surface area contributed by atoms with Crippen molar-refractivity contribution >= 4 is 26.8 Å². The second-order valence-corrected chi connectivity index (χ2v) is 4.29. The molecule has 17 heavy (non-hydrogen) atoms. The third-order valence-electron chi connectivity index (χ3n) is 2.31. The Bertz CT molecular complexity index is 648. The van der Waals surface area contributed by atoms with E-state index in [1.54, 1.807) is 6.07 Å². The number of aromatic nitrogens is 2. The van der Waals surface area contributed by atoms with E-state index in [0.29, 0.717) is 9.04 Å². The van der Waals surface area contributed by atoms with Gasteiger partial charge in [-0.2, -0.15) is 13.2 Å². The number of alkyl halides is 3. The third-order valence-corrected chi connectivity index (χ3v) is 2.95. The zero-order chi connectivity index (χ0) is 12.8. The highest BCUT2D eigenvalue weighted by Crippen LogP contribution is 2.29. The van der Waals surface area contributed by atoms with E-state index >= 15 is 0 Å². The summed E-state index contributed by atoms with van der Waals surface area (Å²) in [6, 6.07) is 4.55. The second kappa shape index (κ2) is 3.83. The Kier molecular flexibility index (Phi) is 2.73. The first-order chi connectivity index (χ1) is 7.82. The SMILES string of the molecule is Cn1c(C(F)(F)F)nc2c(Br)cccc2c1=O. The summed E-state index contributed by atoms with van der Waals surface area (Å²) < 4.78 is 38.8. The van der Waals surface area contributed by atoms with Gasteiger partial charge < -0.3 is 0 Å². The topological polar surface area (TPSA) is 34.9 Å².